The lowest BCUT2D eigenvalue weighted by molar-refractivity contribution is 0.404. The summed E-state index contributed by atoms with van der Waals surface area (Å²) in [5, 5.41) is 7.28. The standard InChI is InChI=1S/C11H20N4O2S2/c1-7-5-15(6-8(2)18-7)19(16,17)11-9(3)13-14-10(11)4-12/h7-8H,4-6,12H2,1-3H3,(H,13,14). The number of aromatic nitrogens is 2. The summed E-state index contributed by atoms with van der Waals surface area (Å²) in [6, 6.07) is 0. The average molecular weight is 304 g/mol. The quantitative estimate of drug-likeness (QED) is 0.857. The molecule has 1 aliphatic heterocycles. The predicted octanol–water partition coefficient (Wildman–Crippen LogP) is 0.691. The molecule has 0 saturated carbocycles. The highest BCUT2D eigenvalue weighted by molar-refractivity contribution is 8.00. The molecule has 6 nitrogen and oxygen atoms in total. The summed E-state index contributed by atoms with van der Waals surface area (Å²) in [6.07, 6.45) is 0. The lowest BCUT2D eigenvalue weighted by atomic mass is 10.4. The molecule has 19 heavy (non-hydrogen) atoms. The summed E-state index contributed by atoms with van der Waals surface area (Å²) in [4.78, 5) is 0.251. The third-order valence-electron chi connectivity index (χ3n) is 3.14. The molecule has 0 aliphatic carbocycles. The molecular weight excluding hydrogens is 284 g/mol. The number of H-pyrrole nitrogens is 1. The van der Waals surface area contributed by atoms with Gasteiger partial charge in [0.2, 0.25) is 10.0 Å². The highest BCUT2D eigenvalue weighted by Gasteiger charge is 2.35. The van der Waals surface area contributed by atoms with Gasteiger partial charge in [-0.2, -0.15) is 21.2 Å². The van der Waals surface area contributed by atoms with Crippen LogP contribution in [0.2, 0.25) is 0 Å². The zero-order valence-electron chi connectivity index (χ0n) is 11.4. The lowest BCUT2D eigenvalue weighted by Gasteiger charge is -2.33. The second kappa shape index (κ2) is 5.43. The van der Waals surface area contributed by atoms with Gasteiger partial charge in [0.15, 0.2) is 0 Å². The van der Waals surface area contributed by atoms with Crippen LogP contribution in [0, 0.1) is 6.92 Å². The van der Waals surface area contributed by atoms with E-state index in [9.17, 15) is 8.42 Å². The van der Waals surface area contributed by atoms with Crippen molar-refractivity contribution in [2.24, 2.45) is 5.73 Å². The van der Waals surface area contributed by atoms with E-state index in [1.165, 1.54) is 0 Å². The van der Waals surface area contributed by atoms with Gasteiger partial charge in [-0.25, -0.2) is 8.42 Å². The highest BCUT2D eigenvalue weighted by atomic mass is 32.2. The maximum atomic E-state index is 12.7. The maximum Gasteiger partial charge on any atom is 0.246 e. The molecule has 2 heterocycles. The molecule has 1 saturated heterocycles. The van der Waals surface area contributed by atoms with Gasteiger partial charge >= 0.3 is 0 Å². The molecule has 2 rings (SSSR count). The van der Waals surface area contributed by atoms with Gasteiger partial charge < -0.3 is 5.73 Å². The highest BCUT2D eigenvalue weighted by Crippen LogP contribution is 2.30. The minimum absolute atomic E-state index is 0.118. The van der Waals surface area contributed by atoms with Gasteiger partial charge in [-0.15, -0.1) is 0 Å². The van der Waals surface area contributed by atoms with E-state index in [0.29, 0.717) is 35.0 Å². The Labute approximate surface area is 118 Å². The number of sulfonamides is 1. The normalized spacial score (nSPS) is 25.7. The first-order chi connectivity index (χ1) is 8.86. The smallest absolute Gasteiger partial charge is 0.246 e. The molecule has 1 aromatic rings. The Bertz CT molecular complexity index is 545. The van der Waals surface area contributed by atoms with Crippen LogP contribution in [0.15, 0.2) is 4.90 Å². The number of aromatic amines is 1. The monoisotopic (exact) mass is 304 g/mol. The van der Waals surface area contributed by atoms with Gasteiger partial charge in [0.05, 0.1) is 11.4 Å². The van der Waals surface area contributed by atoms with E-state index in [4.69, 9.17) is 5.73 Å². The SMILES string of the molecule is Cc1[nH]nc(CN)c1S(=O)(=O)N1CC(C)SC(C)C1. The van der Waals surface area contributed by atoms with Crippen molar-refractivity contribution >= 4 is 21.8 Å². The van der Waals surface area contributed by atoms with Crippen molar-refractivity contribution in [3.8, 4) is 0 Å². The number of aryl methyl sites for hydroxylation is 1. The molecule has 1 aliphatic rings. The van der Waals surface area contributed by atoms with Gasteiger partial charge in [-0.1, -0.05) is 13.8 Å². The van der Waals surface area contributed by atoms with Crippen molar-refractivity contribution in [3.63, 3.8) is 0 Å². The summed E-state index contributed by atoms with van der Waals surface area (Å²) in [7, 11) is -3.51. The summed E-state index contributed by atoms with van der Waals surface area (Å²) in [5.74, 6) is 0. The fourth-order valence-electron chi connectivity index (χ4n) is 2.41. The molecule has 0 radical (unpaired) electrons. The lowest BCUT2D eigenvalue weighted by Crippen LogP contribution is -2.44. The predicted molar refractivity (Wildman–Crippen MR) is 76.5 cm³/mol. The van der Waals surface area contributed by atoms with Gasteiger partial charge in [0.25, 0.3) is 0 Å². The maximum absolute atomic E-state index is 12.7. The summed E-state index contributed by atoms with van der Waals surface area (Å²) >= 11 is 1.82. The van der Waals surface area contributed by atoms with Crippen LogP contribution in [0.25, 0.3) is 0 Å². The molecule has 0 amide bonds. The minimum Gasteiger partial charge on any atom is -0.325 e. The molecule has 108 valence electrons. The van der Waals surface area contributed by atoms with Gasteiger partial charge in [-0.3, -0.25) is 5.10 Å². The van der Waals surface area contributed by atoms with E-state index in [0.717, 1.165) is 0 Å². The molecule has 0 aromatic carbocycles. The van der Waals surface area contributed by atoms with Gasteiger partial charge in [0, 0.05) is 30.1 Å². The fraction of sp³-hybridized carbons (Fsp3) is 0.727. The van der Waals surface area contributed by atoms with Crippen molar-refractivity contribution in [1.82, 2.24) is 14.5 Å². The molecule has 1 aromatic heterocycles. The minimum atomic E-state index is -3.51. The van der Waals surface area contributed by atoms with Crippen molar-refractivity contribution in [3.05, 3.63) is 11.4 Å². The van der Waals surface area contributed by atoms with Crippen LogP contribution in [0.3, 0.4) is 0 Å². The van der Waals surface area contributed by atoms with Crippen LogP contribution in [0.1, 0.15) is 25.2 Å². The first kappa shape index (κ1) is 14.8. The Morgan fingerprint density at radius 2 is 2.00 bits per heavy atom. The van der Waals surface area contributed by atoms with Crippen LogP contribution < -0.4 is 5.73 Å². The van der Waals surface area contributed by atoms with E-state index in [-0.39, 0.29) is 11.4 Å². The Kier molecular flexibility index (Phi) is 4.24. The first-order valence-electron chi connectivity index (χ1n) is 6.25. The second-order valence-electron chi connectivity index (χ2n) is 4.91. The zero-order valence-corrected chi connectivity index (χ0v) is 13.0. The summed E-state index contributed by atoms with van der Waals surface area (Å²) < 4.78 is 27.0. The van der Waals surface area contributed by atoms with Crippen LogP contribution in [0.5, 0.6) is 0 Å². The number of rotatable bonds is 3. The first-order valence-corrected chi connectivity index (χ1v) is 8.64. The number of hydrogen-bond acceptors (Lipinski definition) is 5. The van der Waals surface area contributed by atoms with Gasteiger partial charge in [0.1, 0.15) is 4.90 Å². The van der Waals surface area contributed by atoms with E-state index in [1.807, 2.05) is 11.8 Å². The Morgan fingerprint density at radius 1 is 1.42 bits per heavy atom. The van der Waals surface area contributed by atoms with E-state index >= 15 is 0 Å². The fourth-order valence-corrected chi connectivity index (χ4v) is 5.88. The molecule has 2 unspecified atom stereocenters. The third kappa shape index (κ3) is 2.81. The van der Waals surface area contributed by atoms with Crippen molar-refractivity contribution in [2.45, 2.75) is 42.7 Å². The molecule has 8 heteroatoms. The van der Waals surface area contributed by atoms with Gasteiger partial charge in [-0.05, 0) is 6.92 Å². The Balaban J connectivity index is 2.39. The molecule has 0 bridgehead atoms. The van der Waals surface area contributed by atoms with Crippen LogP contribution in [-0.2, 0) is 16.6 Å². The number of hydrogen-bond donors (Lipinski definition) is 2. The summed E-state index contributed by atoms with van der Waals surface area (Å²) in [6.45, 7) is 7.00. The molecule has 3 N–H and O–H groups in total. The topological polar surface area (TPSA) is 92.1 Å². The largest absolute Gasteiger partial charge is 0.325 e. The van der Waals surface area contributed by atoms with Crippen LogP contribution in [0.4, 0.5) is 0 Å². The Morgan fingerprint density at radius 3 is 2.53 bits per heavy atom. The molecule has 1 fully saturated rings. The second-order valence-corrected chi connectivity index (χ2v) is 8.66. The zero-order chi connectivity index (χ0) is 14.2. The number of nitrogens with zero attached hydrogens (tertiary/aromatic N) is 2. The van der Waals surface area contributed by atoms with Crippen LogP contribution in [-0.4, -0.2) is 46.5 Å². The third-order valence-corrected chi connectivity index (χ3v) is 6.40. The van der Waals surface area contributed by atoms with Crippen molar-refractivity contribution in [1.29, 1.82) is 0 Å². The molecule has 0 spiro atoms. The van der Waals surface area contributed by atoms with Crippen molar-refractivity contribution in [2.75, 3.05) is 13.1 Å². The summed E-state index contributed by atoms with van der Waals surface area (Å²) in [5.41, 5.74) is 6.54. The Hall–Kier alpha value is -0.570. The van der Waals surface area contributed by atoms with E-state index < -0.39 is 10.0 Å². The van der Waals surface area contributed by atoms with Crippen LogP contribution >= 0.6 is 11.8 Å². The van der Waals surface area contributed by atoms with E-state index in [2.05, 4.69) is 24.0 Å². The van der Waals surface area contributed by atoms with E-state index in [1.54, 1.807) is 11.2 Å². The number of thioether (sulfide) groups is 1. The average Bonchev–Trinajstić information content (AvgIpc) is 2.69. The number of nitrogens with two attached hydrogens (primary N) is 1. The van der Waals surface area contributed by atoms with Crippen molar-refractivity contribution < 1.29 is 8.42 Å². The number of nitrogens with one attached hydrogen (secondary N) is 1. The molecule has 2 atom stereocenters. The molecular formula is C11H20N4O2S2.